The fourth-order valence-corrected chi connectivity index (χ4v) is 5.00. The minimum Gasteiger partial charge on any atom is -0.273 e. The van der Waals surface area contributed by atoms with Crippen molar-refractivity contribution in [2.45, 2.75) is 43.7 Å². The van der Waals surface area contributed by atoms with Gasteiger partial charge in [0.15, 0.2) is 6.10 Å². The summed E-state index contributed by atoms with van der Waals surface area (Å²) in [5, 5.41) is 1.89. The van der Waals surface area contributed by atoms with Crippen LogP contribution in [0.5, 0.6) is 0 Å². The van der Waals surface area contributed by atoms with E-state index in [0.29, 0.717) is 5.69 Å². The topological polar surface area (TPSA) is 49.9 Å². The molecule has 0 radical (unpaired) electrons. The number of nitrogens with zero attached hydrogens (tertiary/aromatic N) is 2. The molecule has 1 aliphatic carbocycles. The van der Waals surface area contributed by atoms with E-state index < -0.39 is 17.6 Å². The summed E-state index contributed by atoms with van der Waals surface area (Å²) < 4.78 is 0. The van der Waals surface area contributed by atoms with Crippen molar-refractivity contribution in [2.75, 3.05) is 9.96 Å². The van der Waals surface area contributed by atoms with E-state index in [1.54, 1.807) is 12.1 Å². The Morgan fingerprint density at radius 3 is 2.00 bits per heavy atom. The molecule has 2 atom stereocenters. The van der Waals surface area contributed by atoms with Crippen LogP contribution in [0, 0.1) is 5.92 Å². The first-order chi connectivity index (χ1) is 13.2. The van der Waals surface area contributed by atoms with Gasteiger partial charge in [-0.2, -0.15) is 0 Å². The molecule has 0 N–H and O–H groups in total. The monoisotopic (exact) mass is 362 g/mol. The number of carbonyl (C=O) groups is 2. The summed E-state index contributed by atoms with van der Waals surface area (Å²) in [6, 6.07) is 19.0. The van der Waals surface area contributed by atoms with Crippen LogP contribution in [0.1, 0.15) is 32.1 Å². The van der Waals surface area contributed by atoms with Gasteiger partial charge in [0.05, 0.1) is 16.9 Å². The van der Waals surface area contributed by atoms with E-state index >= 15 is 0 Å². The SMILES string of the molecule is O=C1[C@@H]2[C@@H](ON(c3ccccc3)C23CCCCC3)C(=O)N1c1ccccc1. The summed E-state index contributed by atoms with van der Waals surface area (Å²) in [7, 11) is 0. The van der Waals surface area contributed by atoms with E-state index in [2.05, 4.69) is 0 Å². The number of hydrogen-bond donors (Lipinski definition) is 0. The highest BCUT2D eigenvalue weighted by Gasteiger charge is 2.66. The van der Waals surface area contributed by atoms with Gasteiger partial charge < -0.3 is 0 Å². The van der Waals surface area contributed by atoms with Crippen molar-refractivity contribution in [3.05, 3.63) is 60.7 Å². The first-order valence-corrected chi connectivity index (χ1v) is 9.67. The smallest absolute Gasteiger partial charge is 0.266 e. The van der Waals surface area contributed by atoms with Crippen molar-refractivity contribution >= 4 is 23.2 Å². The average Bonchev–Trinajstić information content (AvgIpc) is 3.17. The number of benzene rings is 2. The van der Waals surface area contributed by atoms with Crippen molar-refractivity contribution in [1.29, 1.82) is 0 Å². The lowest BCUT2D eigenvalue weighted by Gasteiger charge is -2.43. The predicted molar refractivity (Wildman–Crippen MR) is 102 cm³/mol. The molecular formula is C22H22N2O3. The van der Waals surface area contributed by atoms with Crippen LogP contribution in [-0.2, 0) is 14.4 Å². The Morgan fingerprint density at radius 1 is 0.778 bits per heavy atom. The molecule has 138 valence electrons. The lowest BCUT2D eigenvalue weighted by Crippen LogP contribution is -2.53. The normalized spacial score (nSPS) is 26.7. The van der Waals surface area contributed by atoms with Crippen molar-refractivity contribution in [2.24, 2.45) is 5.92 Å². The summed E-state index contributed by atoms with van der Waals surface area (Å²) in [5.41, 5.74) is 1.10. The Hall–Kier alpha value is -2.66. The van der Waals surface area contributed by atoms with Gasteiger partial charge in [-0.25, -0.2) is 9.96 Å². The van der Waals surface area contributed by atoms with Gasteiger partial charge in [0.25, 0.3) is 5.91 Å². The third-order valence-electron chi connectivity index (χ3n) is 6.18. The molecule has 27 heavy (non-hydrogen) atoms. The summed E-state index contributed by atoms with van der Waals surface area (Å²) in [6.45, 7) is 0. The van der Waals surface area contributed by atoms with Crippen LogP contribution in [0.15, 0.2) is 60.7 Å². The second-order valence-corrected chi connectivity index (χ2v) is 7.65. The number of rotatable bonds is 2. The predicted octanol–water partition coefficient (Wildman–Crippen LogP) is 3.70. The lowest BCUT2D eigenvalue weighted by atomic mass is 9.71. The lowest BCUT2D eigenvalue weighted by molar-refractivity contribution is -0.126. The van der Waals surface area contributed by atoms with Crippen molar-refractivity contribution in [3.8, 4) is 0 Å². The zero-order valence-corrected chi connectivity index (χ0v) is 15.1. The van der Waals surface area contributed by atoms with Gasteiger partial charge in [0.2, 0.25) is 5.91 Å². The van der Waals surface area contributed by atoms with Gasteiger partial charge in [-0.15, -0.1) is 0 Å². The highest BCUT2D eigenvalue weighted by Crippen LogP contribution is 2.52. The molecule has 3 aliphatic rings. The molecule has 2 aliphatic heterocycles. The van der Waals surface area contributed by atoms with Crippen molar-refractivity contribution in [1.82, 2.24) is 0 Å². The second kappa shape index (κ2) is 6.20. The van der Waals surface area contributed by atoms with E-state index in [1.165, 1.54) is 4.90 Å². The molecule has 0 unspecified atom stereocenters. The van der Waals surface area contributed by atoms with E-state index in [9.17, 15) is 9.59 Å². The molecular weight excluding hydrogens is 340 g/mol. The third kappa shape index (κ3) is 2.34. The van der Waals surface area contributed by atoms with Gasteiger partial charge in [-0.05, 0) is 37.1 Å². The van der Waals surface area contributed by atoms with Gasteiger partial charge in [-0.3, -0.25) is 14.4 Å². The number of para-hydroxylation sites is 2. The van der Waals surface area contributed by atoms with Gasteiger partial charge >= 0.3 is 0 Å². The van der Waals surface area contributed by atoms with Crippen molar-refractivity contribution < 1.29 is 14.4 Å². The van der Waals surface area contributed by atoms with E-state index in [4.69, 9.17) is 4.84 Å². The summed E-state index contributed by atoms with van der Waals surface area (Å²) in [4.78, 5) is 34.1. The highest BCUT2D eigenvalue weighted by molar-refractivity contribution is 6.24. The minimum atomic E-state index is -0.740. The molecule has 2 heterocycles. The number of fused-ring (bicyclic) bond motifs is 2. The fraction of sp³-hybridized carbons (Fsp3) is 0.364. The Kier molecular flexibility index (Phi) is 3.79. The third-order valence-corrected chi connectivity index (χ3v) is 6.18. The Balaban J connectivity index is 1.58. The number of hydrogen-bond acceptors (Lipinski definition) is 4. The molecule has 2 aromatic carbocycles. The standard InChI is InChI=1S/C22H22N2O3/c25-20-18-19(21(26)23(20)16-10-4-1-5-11-16)27-24(17-12-6-2-7-13-17)22(18)14-8-3-9-15-22/h1-2,4-7,10-13,18-19H,3,8-9,14-15H2/t18-,19+/m0/s1. The number of carbonyl (C=O) groups excluding carboxylic acids is 2. The van der Waals surface area contributed by atoms with Gasteiger partial charge in [0.1, 0.15) is 5.92 Å². The minimum absolute atomic E-state index is 0.128. The Morgan fingerprint density at radius 2 is 1.37 bits per heavy atom. The quantitative estimate of drug-likeness (QED) is 0.765. The average molecular weight is 362 g/mol. The number of hydroxylamine groups is 1. The first-order valence-electron chi connectivity index (χ1n) is 9.67. The van der Waals surface area contributed by atoms with Crippen LogP contribution < -0.4 is 9.96 Å². The van der Waals surface area contributed by atoms with Crippen LogP contribution in [0.3, 0.4) is 0 Å². The maximum absolute atomic E-state index is 13.4. The fourth-order valence-electron chi connectivity index (χ4n) is 5.00. The van der Waals surface area contributed by atoms with E-state index in [1.807, 2.05) is 53.6 Å². The Bertz CT molecular complexity index is 862. The molecule has 5 rings (SSSR count). The van der Waals surface area contributed by atoms with Crippen LogP contribution >= 0.6 is 0 Å². The summed E-state index contributed by atoms with van der Waals surface area (Å²) in [5.74, 6) is -0.832. The maximum atomic E-state index is 13.4. The molecule has 5 nitrogen and oxygen atoms in total. The summed E-state index contributed by atoms with van der Waals surface area (Å²) >= 11 is 0. The highest BCUT2D eigenvalue weighted by atomic mass is 16.7. The Labute approximate surface area is 158 Å². The molecule has 1 spiro atoms. The molecule has 0 aromatic heterocycles. The zero-order chi connectivity index (χ0) is 18.4. The van der Waals surface area contributed by atoms with E-state index in [0.717, 1.165) is 37.8 Å². The van der Waals surface area contributed by atoms with Crippen LogP contribution in [0.4, 0.5) is 11.4 Å². The molecule has 0 bridgehead atoms. The molecule has 2 aromatic rings. The molecule has 2 amide bonds. The summed E-state index contributed by atoms with van der Waals surface area (Å²) in [6.07, 6.45) is 4.24. The largest absolute Gasteiger partial charge is 0.273 e. The molecule has 3 fully saturated rings. The van der Waals surface area contributed by atoms with Gasteiger partial charge in [-0.1, -0.05) is 55.7 Å². The van der Waals surface area contributed by atoms with Crippen molar-refractivity contribution in [3.63, 3.8) is 0 Å². The zero-order valence-electron chi connectivity index (χ0n) is 15.1. The number of imide groups is 1. The molecule has 5 heteroatoms. The van der Waals surface area contributed by atoms with E-state index in [-0.39, 0.29) is 11.8 Å². The van der Waals surface area contributed by atoms with Gasteiger partial charge in [0, 0.05) is 0 Å². The second-order valence-electron chi connectivity index (χ2n) is 7.65. The van der Waals surface area contributed by atoms with Crippen LogP contribution in [0.2, 0.25) is 0 Å². The molecule has 2 saturated heterocycles. The van der Waals surface area contributed by atoms with Crippen LogP contribution in [0.25, 0.3) is 0 Å². The van der Waals surface area contributed by atoms with Crippen LogP contribution in [-0.4, -0.2) is 23.5 Å². The number of anilines is 2. The number of amides is 2. The first kappa shape index (κ1) is 16.5. The molecule has 1 saturated carbocycles. The maximum Gasteiger partial charge on any atom is 0.266 e.